The maximum absolute atomic E-state index is 11.7. The van der Waals surface area contributed by atoms with Crippen molar-refractivity contribution < 1.29 is 14.3 Å². The van der Waals surface area contributed by atoms with E-state index < -0.39 is 0 Å². The second-order valence-electron chi connectivity index (χ2n) is 6.17. The third kappa shape index (κ3) is 8.03. The Morgan fingerprint density at radius 1 is 1.22 bits per heavy atom. The highest BCUT2D eigenvalue weighted by Crippen LogP contribution is 2.16. The summed E-state index contributed by atoms with van der Waals surface area (Å²) in [5.41, 5.74) is 1.21. The minimum atomic E-state index is 0.172. The molecule has 0 saturated carbocycles. The van der Waals surface area contributed by atoms with Gasteiger partial charge in [-0.2, -0.15) is 0 Å². The molecule has 0 bridgehead atoms. The molecule has 128 valence electrons. The number of hydrogen-bond acceptors (Lipinski definition) is 3. The molecule has 1 N–H and O–H groups in total. The molecule has 1 aromatic carbocycles. The summed E-state index contributed by atoms with van der Waals surface area (Å²) >= 11 is 0. The third-order valence-corrected chi connectivity index (χ3v) is 4.00. The van der Waals surface area contributed by atoms with Crippen LogP contribution in [-0.2, 0) is 16.0 Å². The van der Waals surface area contributed by atoms with Crippen LogP contribution in [0.25, 0.3) is 0 Å². The van der Waals surface area contributed by atoms with Crippen LogP contribution in [0.1, 0.15) is 51.0 Å². The molecule has 4 heteroatoms. The number of benzene rings is 1. The Balaban J connectivity index is 1.53. The van der Waals surface area contributed by atoms with Crippen LogP contribution in [-0.4, -0.2) is 31.8 Å². The summed E-state index contributed by atoms with van der Waals surface area (Å²) in [5, 5.41) is 3.00. The Morgan fingerprint density at radius 2 is 1.96 bits per heavy atom. The van der Waals surface area contributed by atoms with E-state index in [1.54, 1.807) is 0 Å². The minimum Gasteiger partial charge on any atom is -0.491 e. The van der Waals surface area contributed by atoms with E-state index in [-0.39, 0.29) is 12.0 Å². The van der Waals surface area contributed by atoms with Gasteiger partial charge in [0.15, 0.2) is 0 Å². The lowest BCUT2D eigenvalue weighted by Gasteiger charge is -2.07. The largest absolute Gasteiger partial charge is 0.491 e. The number of unbranched alkanes of at least 4 members (excludes halogenated alkanes) is 4. The first-order valence-electron chi connectivity index (χ1n) is 8.88. The maximum Gasteiger partial charge on any atom is 0.220 e. The summed E-state index contributed by atoms with van der Waals surface area (Å²) in [6.45, 7) is 4.35. The first-order chi connectivity index (χ1) is 11.3. The maximum atomic E-state index is 11.7. The molecular formula is C19H29NO3. The van der Waals surface area contributed by atoms with Gasteiger partial charge in [0.05, 0.1) is 6.61 Å². The zero-order valence-corrected chi connectivity index (χ0v) is 14.2. The Kier molecular flexibility index (Phi) is 7.95. The highest BCUT2D eigenvalue weighted by Gasteiger charge is 2.22. The van der Waals surface area contributed by atoms with Crippen molar-refractivity contribution in [3.05, 3.63) is 29.8 Å². The average molecular weight is 319 g/mol. The van der Waals surface area contributed by atoms with Gasteiger partial charge in [0.2, 0.25) is 5.91 Å². The number of epoxide rings is 1. The topological polar surface area (TPSA) is 50.9 Å². The molecule has 1 fully saturated rings. The number of carbonyl (C=O) groups is 1. The number of ether oxygens (including phenoxy) is 2. The SMILES string of the molecule is CCCCCCCC(=O)NCCc1ccc(OCC2CO2)cc1. The van der Waals surface area contributed by atoms with Crippen molar-refractivity contribution in [2.45, 2.75) is 58.0 Å². The molecule has 23 heavy (non-hydrogen) atoms. The number of nitrogens with one attached hydrogen (secondary N) is 1. The predicted molar refractivity (Wildman–Crippen MR) is 91.8 cm³/mol. The number of amides is 1. The fourth-order valence-electron chi connectivity index (χ4n) is 2.43. The lowest BCUT2D eigenvalue weighted by molar-refractivity contribution is -0.121. The van der Waals surface area contributed by atoms with Gasteiger partial charge in [0.25, 0.3) is 0 Å². The average Bonchev–Trinajstić information content (AvgIpc) is 3.38. The van der Waals surface area contributed by atoms with Crippen LogP contribution in [0.2, 0.25) is 0 Å². The first kappa shape index (κ1) is 17.8. The quantitative estimate of drug-likeness (QED) is 0.474. The van der Waals surface area contributed by atoms with Crippen molar-refractivity contribution in [3.63, 3.8) is 0 Å². The molecule has 4 nitrogen and oxygen atoms in total. The van der Waals surface area contributed by atoms with Gasteiger partial charge in [-0.15, -0.1) is 0 Å². The van der Waals surface area contributed by atoms with E-state index >= 15 is 0 Å². The van der Waals surface area contributed by atoms with Gasteiger partial charge in [-0.1, -0.05) is 44.7 Å². The van der Waals surface area contributed by atoms with Crippen LogP contribution < -0.4 is 10.1 Å². The van der Waals surface area contributed by atoms with Crippen molar-refractivity contribution in [3.8, 4) is 5.75 Å². The summed E-state index contributed by atoms with van der Waals surface area (Å²) in [4.78, 5) is 11.7. The van der Waals surface area contributed by atoms with Crippen LogP contribution in [0.4, 0.5) is 0 Å². The van der Waals surface area contributed by atoms with Crippen LogP contribution in [0.3, 0.4) is 0 Å². The normalized spacial score (nSPS) is 16.1. The monoisotopic (exact) mass is 319 g/mol. The van der Waals surface area contributed by atoms with Gasteiger partial charge in [-0.25, -0.2) is 0 Å². The molecule has 2 rings (SSSR count). The molecule has 1 amide bonds. The second kappa shape index (κ2) is 10.3. The molecule has 1 aliphatic rings. The first-order valence-corrected chi connectivity index (χ1v) is 8.88. The van der Waals surface area contributed by atoms with Crippen LogP contribution in [0, 0.1) is 0 Å². The Bertz CT molecular complexity index is 454. The van der Waals surface area contributed by atoms with Crippen LogP contribution in [0.15, 0.2) is 24.3 Å². The van der Waals surface area contributed by atoms with Crippen molar-refractivity contribution in [1.82, 2.24) is 5.32 Å². The van der Waals surface area contributed by atoms with Gasteiger partial charge in [0, 0.05) is 13.0 Å². The summed E-state index contributed by atoms with van der Waals surface area (Å²) in [6, 6.07) is 8.07. The van der Waals surface area contributed by atoms with E-state index in [0.29, 0.717) is 19.6 Å². The molecule has 0 radical (unpaired) electrons. The van der Waals surface area contributed by atoms with E-state index in [4.69, 9.17) is 9.47 Å². The summed E-state index contributed by atoms with van der Waals surface area (Å²) in [6.07, 6.45) is 7.71. The second-order valence-corrected chi connectivity index (χ2v) is 6.17. The Labute approximate surface area is 139 Å². The number of carbonyl (C=O) groups excluding carboxylic acids is 1. The summed E-state index contributed by atoms with van der Waals surface area (Å²) in [5.74, 6) is 1.05. The Hall–Kier alpha value is -1.55. The number of rotatable bonds is 12. The molecule has 1 aromatic rings. The lowest BCUT2D eigenvalue weighted by Crippen LogP contribution is -2.25. The standard InChI is InChI=1S/C19H29NO3/c1-2-3-4-5-6-7-19(21)20-13-12-16-8-10-17(11-9-16)22-14-18-15-23-18/h8-11,18H,2-7,12-15H2,1H3,(H,20,21). The molecule has 0 spiro atoms. The van der Waals surface area contributed by atoms with E-state index in [0.717, 1.165) is 31.6 Å². The molecule has 1 atom stereocenters. The summed E-state index contributed by atoms with van der Waals surface area (Å²) in [7, 11) is 0. The van der Waals surface area contributed by atoms with Crippen molar-refractivity contribution in [2.24, 2.45) is 0 Å². The number of hydrogen-bond donors (Lipinski definition) is 1. The molecule has 0 aliphatic carbocycles. The van der Waals surface area contributed by atoms with Crippen LogP contribution in [0.5, 0.6) is 5.75 Å². The van der Waals surface area contributed by atoms with Gasteiger partial charge in [-0.3, -0.25) is 4.79 Å². The van der Waals surface area contributed by atoms with E-state index in [2.05, 4.69) is 24.4 Å². The zero-order chi connectivity index (χ0) is 16.3. The predicted octanol–water partition coefficient (Wildman–Crippen LogP) is 3.48. The Morgan fingerprint density at radius 3 is 2.65 bits per heavy atom. The van der Waals surface area contributed by atoms with Gasteiger partial charge >= 0.3 is 0 Å². The fraction of sp³-hybridized carbons (Fsp3) is 0.632. The highest BCUT2D eigenvalue weighted by atomic mass is 16.6. The van der Waals surface area contributed by atoms with Crippen molar-refractivity contribution >= 4 is 5.91 Å². The van der Waals surface area contributed by atoms with E-state index in [1.807, 2.05) is 12.1 Å². The van der Waals surface area contributed by atoms with Gasteiger partial charge in [0.1, 0.15) is 18.5 Å². The smallest absolute Gasteiger partial charge is 0.220 e. The highest BCUT2D eigenvalue weighted by molar-refractivity contribution is 5.75. The summed E-state index contributed by atoms with van der Waals surface area (Å²) < 4.78 is 10.7. The molecule has 0 aromatic heterocycles. The molecule has 1 saturated heterocycles. The van der Waals surface area contributed by atoms with Crippen LogP contribution >= 0.6 is 0 Å². The van der Waals surface area contributed by atoms with E-state index in [1.165, 1.54) is 24.8 Å². The third-order valence-electron chi connectivity index (χ3n) is 4.00. The molecular weight excluding hydrogens is 290 g/mol. The van der Waals surface area contributed by atoms with Crippen molar-refractivity contribution in [1.29, 1.82) is 0 Å². The van der Waals surface area contributed by atoms with E-state index in [9.17, 15) is 4.79 Å². The fourth-order valence-corrected chi connectivity index (χ4v) is 2.43. The molecule has 1 unspecified atom stereocenters. The molecule has 1 heterocycles. The van der Waals surface area contributed by atoms with Crippen molar-refractivity contribution in [2.75, 3.05) is 19.8 Å². The lowest BCUT2D eigenvalue weighted by atomic mass is 10.1. The zero-order valence-electron chi connectivity index (χ0n) is 14.2. The van der Waals surface area contributed by atoms with Gasteiger partial charge in [-0.05, 0) is 30.5 Å². The van der Waals surface area contributed by atoms with Gasteiger partial charge < -0.3 is 14.8 Å². The molecule has 1 aliphatic heterocycles. The minimum absolute atomic E-state index is 0.172.